The van der Waals surface area contributed by atoms with Gasteiger partial charge in [0.1, 0.15) is 36.6 Å². The third-order valence-corrected chi connectivity index (χ3v) is 11.3. The van der Waals surface area contributed by atoms with E-state index in [0.29, 0.717) is 13.2 Å². The predicted octanol–water partition coefficient (Wildman–Crippen LogP) is 7.45. The molecule has 0 bridgehead atoms. The monoisotopic (exact) mass is 918 g/mol. The molecule has 11 nitrogen and oxygen atoms in total. The molecule has 0 saturated carbocycles. The summed E-state index contributed by atoms with van der Waals surface area (Å²) in [5.74, 6) is 0. The zero-order valence-corrected chi connectivity index (χ0v) is 39.3. The molecule has 16 heteroatoms. The van der Waals surface area contributed by atoms with Crippen molar-refractivity contribution in [1.82, 2.24) is 0 Å². The van der Waals surface area contributed by atoms with Crippen LogP contribution >= 0.6 is 18.2 Å². The molecule has 6 unspecified atom stereocenters. The highest BCUT2D eigenvalue weighted by molar-refractivity contribution is 7.70. The fraction of sp³-hybridized carbons (Fsp3) is 0.388. The van der Waals surface area contributed by atoms with Gasteiger partial charge in [0.05, 0.1) is 66.2 Å². The second-order valence-electron chi connectivity index (χ2n) is 16.1. The minimum absolute atomic E-state index is 0.146. The summed E-state index contributed by atoms with van der Waals surface area (Å²) in [5, 5.41) is 0. The van der Waals surface area contributed by atoms with E-state index in [9.17, 15) is 0 Å². The average Bonchev–Trinajstić information content (AvgIpc) is 3.33. The van der Waals surface area contributed by atoms with Crippen molar-refractivity contribution < 1.29 is 51.9 Å². The van der Waals surface area contributed by atoms with Crippen LogP contribution in [0.4, 0.5) is 0 Å². The lowest BCUT2D eigenvalue weighted by Gasteiger charge is -2.50. The average molecular weight is 918 g/mol. The summed E-state index contributed by atoms with van der Waals surface area (Å²) >= 11 is 0. The molecule has 7 rings (SSSR count). The van der Waals surface area contributed by atoms with Gasteiger partial charge in [-0.3, -0.25) is 0 Å². The van der Waals surface area contributed by atoms with E-state index in [1.807, 2.05) is 158 Å². The van der Waals surface area contributed by atoms with Crippen molar-refractivity contribution in [2.75, 3.05) is 20.3 Å². The zero-order valence-electron chi connectivity index (χ0n) is 37.0. The molecule has 0 spiro atoms. The van der Waals surface area contributed by atoms with Crippen LogP contribution in [0.25, 0.3) is 0 Å². The Bertz CT molecular complexity index is 2050. The molecule has 2 fully saturated rings. The quantitative estimate of drug-likeness (QED) is 0.0456. The highest BCUT2D eigenvalue weighted by Crippen LogP contribution is 2.37. The van der Waals surface area contributed by atoms with Crippen molar-refractivity contribution in [2.24, 2.45) is 0 Å². The number of benzene rings is 5. The Hall–Kier alpha value is -3.29. The first-order valence-corrected chi connectivity index (χ1v) is 23.4. The van der Waals surface area contributed by atoms with Gasteiger partial charge in [0.2, 0.25) is 0 Å². The molecule has 12 atom stereocenters. The van der Waals surface area contributed by atoms with Crippen LogP contribution in [0.2, 0.25) is 6.82 Å². The van der Waals surface area contributed by atoms with Crippen LogP contribution in [0, 0.1) is 0 Å². The van der Waals surface area contributed by atoms with Crippen molar-refractivity contribution >= 4 is 39.1 Å². The minimum Gasteiger partial charge on any atom is -0.433 e. The molecule has 2 radical (unpaired) electrons. The molecule has 340 valence electrons. The first-order chi connectivity index (χ1) is 31.8. The van der Waals surface area contributed by atoms with Gasteiger partial charge < -0.3 is 51.9 Å². The molecular formula is C49H59B3O11P2. The van der Waals surface area contributed by atoms with E-state index in [2.05, 4.69) is 18.2 Å². The standard InChI is InChI=1S/C49H59B3O11P2/c1-51(64)62-43-41(34-55-29-36-20-10-4-11-21-36)59-48(53-2)47(45(43)63-52(50)65)61-49-46(58-32-39-26-16-7-17-27-39)44(57-31-38-24-14-6-15-25-38)42(56-30-37-22-12-5-13-23-37)40(60-49)33-54-28-35-18-8-3-9-19-35/h3-27,40-49H,28-34,64-65H2,1-2H3/t40?,41?,42-,43-,44-,45+,46?,47?,48-,49-/m1/s1. The largest absolute Gasteiger partial charge is 0.433 e. The molecule has 2 saturated heterocycles. The van der Waals surface area contributed by atoms with Crippen molar-refractivity contribution in [1.29, 1.82) is 0 Å². The molecule has 5 aromatic carbocycles. The van der Waals surface area contributed by atoms with Gasteiger partial charge in [-0.15, -0.1) is 18.2 Å². The van der Waals surface area contributed by atoms with Gasteiger partial charge in [-0.05, 0) is 27.8 Å². The summed E-state index contributed by atoms with van der Waals surface area (Å²) < 4.78 is 73.5. The summed E-state index contributed by atoms with van der Waals surface area (Å²) in [6, 6.07) is 49.9. The van der Waals surface area contributed by atoms with Crippen molar-refractivity contribution in [3.8, 4) is 0 Å². The van der Waals surface area contributed by atoms with Gasteiger partial charge in [0, 0.05) is 7.11 Å². The fourth-order valence-corrected chi connectivity index (χ4v) is 8.34. The van der Waals surface area contributed by atoms with E-state index in [4.69, 9.17) is 59.7 Å². The summed E-state index contributed by atoms with van der Waals surface area (Å²) in [4.78, 5) is 0. The van der Waals surface area contributed by atoms with E-state index in [1.54, 1.807) is 7.11 Å². The topological polar surface area (TPSA) is 102 Å². The maximum atomic E-state index is 7.17. The van der Waals surface area contributed by atoms with Gasteiger partial charge >= 0.3 is 6.64 Å². The predicted molar refractivity (Wildman–Crippen MR) is 259 cm³/mol. The lowest BCUT2D eigenvalue weighted by atomic mass is 9.69. The van der Waals surface area contributed by atoms with E-state index in [-0.39, 0.29) is 39.7 Å². The van der Waals surface area contributed by atoms with Crippen LogP contribution in [-0.2, 0) is 85.0 Å². The lowest BCUT2D eigenvalue weighted by molar-refractivity contribution is -0.373. The summed E-state index contributed by atoms with van der Waals surface area (Å²) in [7, 11) is 13.2. The first kappa shape index (κ1) is 49.6. The fourth-order valence-electron chi connectivity index (χ4n) is 7.97. The Morgan fingerprint density at radius 2 is 0.846 bits per heavy atom. The highest BCUT2D eigenvalue weighted by atomic mass is 31.0. The molecule has 2 heterocycles. The molecule has 2 aliphatic heterocycles. The van der Waals surface area contributed by atoms with Gasteiger partial charge in [-0.25, -0.2) is 0 Å². The van der Waals surface area contributed by atoms with Gasteiger partial charge in [-0.2, -0.15) is 0 Å². The molecule has 0 N–H and O–H groups in total. The second-order valence-corrected chi connectivity index (χ2v) is 17.7. The Kier molecular flexibility index (Phi) is 20.1. The van der Waals surface area contributed by atoms with Crippen molar-refractivity contribution in [2.45, 2.75) is 101 Å². The summed E-state index contributed by atoms with van der Waals surface area (Å²) in [6.07, 6.45) is -8.19. The summed E-state index contributed by atoms with van der Waals surface area (Å²) in [6.45, 7) is 2.64. The second kappa shape index (κ2) is 26.3. The van der Waals surface area contributed by atoms with Crippen LogP contribution in [0.1, 0.15) is 27.8 Å². The normalized spacial score (nSPS) is 25.5. The molecule has 0 amide bonds. The lowest BCUT2D eigenvalue weighted by Crippen LogP contribution is -2.67. The molecule has 0 aliphatic carbocycles. The van der Waals surface area contributed by atoms with Crippen LogP contribution in [0.3, 0.4) is 0 Å². The van der Waals surface area contributed by atoms with Crippen LogP contribution in [0.15, 0.2) is 152 Å². The van der Waals surface area contributed by atoms with Gasteiger partial charge in [0.25, 0.3) is 6.53 Å². The molecule has 5 aromatic rings. The van der Waals surface area contributed by atoms with Crippen LogP contribution < -0.4 is 0 Å². The Morgan fingerprint density at radius 1 is 0.462 bits per heavy atom. The zero-order chi connectivity index (χ0) is 45.2. The minimum atomic E-state index is -1.10. The number of rotatable bonds is 24. The smallest absolute Gasteiger partial charge is 0.312 e. The third-order valence-electron chi connectivity index (χ3n) is 11.0. The van der Waals surface area contributed by atoms with Crippen LogP contribution in [-0.4, -0.2) is 103 Å². The van der Waals surface area contributed by atoms with E-state index >= 15 is 0 Å². The molecular weight excluding hydrogens is 859 g/mol. The molecule has 2 aliphatic rings. The van der Waals surface area contributed by atoms with E-state index in [0.717, 1.165) is 27.8 Å². The Labute approximate surface area is 390 Å². The van der Waals surface area contributed by atoms with E-state index < -0.39 is 67.9 Å². The number of hydrogen-bond acceptors (Lipinski definition) is 11. The Balaban J connectivity index is 1.24. The Morgan fingerprint density at radius 3 is 1.26 bits per heavy atom. The maximum absolute atomic E-state index is 7.17. The SMILES string of the molecule is [B]B(P)O[C@@H]1C(O[C@H]2OC(COCc3ccccc3)[C@@H](OCc3ccccc3)[C@@H](OCc3ccccc3)C2OCc2ccccc2)[C@H](OC)OC(COCc2ccccc2)[C@H]1OB(C)P. The number of hydrogen-bond donors (Lipinski definition) is 0. The van der Waals surface area contributed by atoms with Crippen molar-refractivity contribution in [3.05, 3.63) is 179 Å². The highest BCUT2D eigenvalue weighted by Gasteiger charge is 2.54. The maximum Gasteiger partial charge on any atom is 0.312 e. The van der Waals surface area contributed by atoms with Gasteiger partial charge in [0.15, 0.2) is 12.6 Å². The van der Waals surface area contributed by atoms with Crippen LogP contribution in [0.5, 0.6) is 0 Å². The van der Waals surface area contributed by atoms with Gasteiger partial charge in [-0.1, -0.05) is 158 Å². The first-order valence-electron chi connectivity index (χ1n) is 22.1. The third kappa shape index (κ3) is 15.1. The van der Waals surface area contributed by atoms with E-state index in [1.165, 1.54) is 0 Å². The summed E-state index contributed by atoms with van der Waals surface area (Å²) in [5.41, 5.74) is 4.97. The number of ether oxygens (including phenoxy) is 9. The molecule has 0 aromatic heterocycles. The number of methoxy groups -OCH3 is 1. The molecule has 65 heavy (non-hydrogen) atoms. The van der Waals surface area contributed by atoms with Crippen molar-refractivity contribution in [3.63, 3.8) is 0 Å².